The maximum atomic E-state index is 5.15. The minimum Gasteiger partial charge on any atom is -0.255 e. The number of hydrogen-bond donors (Lipinski definition) is 0. The zero-order valence-corrected chi connectivity index (χ0v) is 26.3. The van der Waals surface area contributed by atoms with Gasteiger partial charge in [-0.2, -0.15) is 0 Å². The molecule has 0 N–H and O–H groups in total. The minimum atomic E-state index is -0.120. The number of nitrogens with zero attached hydrogens (tertiary/aromatic N) is 3. The molecule has 1 aliphatic carbocycles. The number of aromatic nitrogens is 3. The van der Waals surface area contributed by atoms with E-state index in [0.717, 1.165) is 33.6 Å². The maximum absolute atomic E-state index is 5.15. The highest BCUT2D eigenvalue weighted by Gasteiger charge is 2.38. The van der Waals surface area contributed by atoms with Crippen molar-refractivity contribution in [3.05, 3.63) is 163 Å². The zero-order valence-electron chi connectivity index (χ0n) is 26.3. The lowest BCUT2D eigenvalue weighted by Gasteiger charge is -2.23. The summed E-state index contributed by atoms with van der Waals surface area (Å²) in [5, 5.41) is 4.91. The topological polar surface area (TPSA) is 38.7 Å². The molecule has 0 saturated carbocycles. The second-order valence-corrected chi connectivity index (χ2v) is 12.8. The molecule has 222 valence electrons. The molecule has 0 aliphatic heterocycles. The van der Waals surface area contributed by atoms with Crippen LogP contribution in [0, 0.1) is 0 Å². The van der Waals surface area contributed by atoms with Gasteiger partial charge >= 0.3 is 0 Å². The van der Waals surface area contributed by atoms with Gasteiger partial charge in [-0.25, -0.2) is 9.97 Å². The fourth-order valence-electron chi connectivity index (χ4n) is 7.57. The summed E-state index contributed by atoms with van der Waals surface area (Å²) in [7, 11) is 0. The van der Waals surface area contributed by atoms with E-state index < -0.39 is 0 Å². The number of rotatable bonds is 4. The number of fused-ring (bicyclic) bond motifs is 6. The van der Waals surface area contributed by atoms with Crippen molar-refractivity contribution < 1.29 is 0 Å². The Morgan fingerprint density at radius 3 is 1.96 bits per heavy atom. The smallest absolute Gasteiger partial charge is 0.161 e. The molecule has 2 aromatic heterocycles. The summed E-state index contributed by atoms with van der Waals surface area (Å²) < 4.78 is 0. The quantitative estimate of drug-likeness (QED) is 0.201. The molecule has 0 amide bonds. The Labute approximate surface area is 274 Å². The number of pyridine rings is 1. The van der Waals surface area contributed by atoms with E-state index in [1.807, 2.05) is 48.7 Å². The van der Waals surface area contributed by atoms with Crippen molar-refractivity contribution in [2.45, 2.75) is 19.3 Å². The first-order valence-corrected chi connectivity index (χ1v) is 16.1. The molecule has 0 unspecified atom stereocenters. The first kappa shape index (κ1) is 27.4. The molecular formula is C44H31N3. The van der Waals surface area contributed by atoms with Gasteiger partial charge in [0, 0.05) is 22.7 Å². The SMILES string of the molecule is CC1(C)c2cccc(-c3ccc(-c4nc(-c5ccccc5)cc(-c5ccccn5)n4)c4ccccc34)c2-c2ccc3ccccc3c21. The summed E-state index contributed by atoms with van der Waals surface area (Å²) in [5.41, 5.74) is 12.3. The third-order valence-electron chi connectivity index (χ3n) is 9.74. The Kier molecular flexibility index (Phi) is 6.16. The molecule has 3 heteroatoms. The average molecular weight is 602 g/mol. The van der Waals surface area contributed by atoms with Crippen molar-refractivity contribution in [2.75, 3.05) is 0 Å². The van der Waals surface area contributed by atoms with Gasteiger partial charge in [-0.15, -0.1) is 0 Å². The highest BCUT2D eigenvalue weighted by molar-refractivity contribution is 6.09. The molecule has 0 saturated heterocycles. The van der Waals surface area contributed by atoms with Gasteiger partial charge in [-0.05, 0) is 79.2 Å². The largest absolute Gasteiger partial charge is 0.255 e. The van der Waals surface area contributed by atoms with Crippen LogP contribution in [0.15, 0.2) is 152 Å². The third-order valence-corrected chi connectivity index (χ3v) is 9.74. The lowest BCUT2D eigenvalue weighted by Crippen LogP contribution is -2.15. The van der Waals surface area contributed by atoms with E-state index in [1.165, 1.54) is 49.5 Å². The lowest BCUT2D eigenvalue weighted by atomic mass is 9.80. The molecule has 1 aliphatic rings. The molecule has 2 heterocycles. The van der Waals surface area contributed by atoms with Crippen molar-refractivity contribution in [1.82, 2.24) is 15.0 Å². The van der Waals surface area contributed by atoms with E-state index in [2.05, 4.69) is 122 Å². The van der Waals surface area contributed by atoms with Crippen LogP contribution in [-0.4, -0.2) is 15.0 Å². The van der Waals surface area contributed by atoms with Gasteiger partial charge in [0.1, 0.15) is 0 Å². The standard InChI is InChI=1S/C44H31N3/c1-44(2)37-20-12-19-34(41(37)36-23-22-28-13-6-7-16-30(28)42(36)44)33-24-25-35(32-18-9-8-17-31(32)33)43-46-39(29-14-4-3-5-15-29)27-40(47-43)38-21-10-11-26-45-38/h3-27H,1-2H3. The van der Waals surface area contributed by atoms with Gasteiger partial charge in [0.2, 0.25) is 0 Å². The van der Waals surface area contributed by atoms with Crippen LogP contribution in [0.2, 0.25) is 0 Å². The van der Waals surface area contributed by atoms with Crippen LogP contribution in [0.3, 0.4) is 0 Å². The van der Waals surface area contributed by atoms with Gasteiger partial charge in [-0.3, -0.25) is 4.98 Å². The van der Waals surface area contributed by atoms with Crippen LogP contribution in [0.4, 0.5) is 0 Å². The molecule has 0 spiro atoms. The zero-order chi connectivity index (χ0) is 31.5. The molecule has 3 nitrogen and oxygen atoms in total. The van der Waals surface area contributed by atoms with Crippen molar-refractivity contribution in [3.8, 4) is 56.3 Å². The summed E-state index contributed by atoms with van der Waals surface area (Å²) in [4.78, 5) is 14.9. The summed E-state index contributed by atoms with van der Waals surface area (Å²) in [6.45, 7) is 4.73. The van der Waals surface area contributed by atoms with Crippen LogP contribution < -0.4 is 0 Å². The van der Waals surface area contributed by atoms with Crippen molar-refractivity contribution in [2.24, 2.45) is 0 Å². The van der Waals surface area contributed by atoms with Crippen LogP contribution in [0.1, 0.15) is 25.0 Å². The lowest BCUT2D eigenvalue weighted by molar-refractivity contribution is 0.666. The van der Waals surface area contributed by atoms with E-state index in [-0.39, 0.29) is 5.41 Å². The Morgan fingerprint density at radius 1 is 0.468 bits per heavy atom. The van der Waals surface area contributed by atoms with Gasteiger partial charge in [0.15, 0.2) is 5.82 Å². The Balaban J connectivity index is 1.27. The normalized spacial score (nSPS) is 13.1. The first-order valence-electron chi connectivity index (χ1n) is 16.1. The second kappa shape index (κ2) is 10.6. The third kappa shape index (κ3) is 4.31. The molecular weight excluding hydrogens is 571 g/mol. The summed E-state index contributed by atoms with van der Waals surface area (Å²) in [6, 6.07) is 51.6. The number of hydrogen-bond acceptors (Lipinski definition) is 3. The molecule has 0 radical (unpaired) electrons. The first-order chi connectivity index (χ1) is 23.1. The van der Waals surface area contributed by atoms with Crippen LogP contribution in [0.25, 0.3) is 77.8 Å². The predicted molar refractivity (Wildman–Crippen MR) is 194 cm³/mol. The van der Waals surface area contributed by atoms with Crippen molar-refractivity contribution in [3.63, 3.8) is 0 Å². The van der Waals surface area contributed by atoms with E-state index in [9.17, 15) is 0 Å². The molecule has 8 aromatic rings. The Hall–Kier alpha value is -5.93. The summed E-state index contributed by atoms with van der Waals surface area (Å²) in [6.07, 6.45) is 1.81. The van der Waals surface area contributed by atoms with E-state index in [1.54, 1.807) is 0 Å². The average Bonchev–Trinajstić information content (AvgIpc) is 3.38. The molecule has 6 aromatic carbocycles. The Bertz CT molecular complexity index is 2420. The summed E-state index contributed by atoms with van der Waals surface area (Å²) in [5.74, 6) is 0.686. The van der Waals surface area contributed by atoms with Crippen LogP contribution >= 0.6 is 0 Å². The minimum absolute atomic E-state index is 0.120. The fraction of sp³-hybridized carbons (Fsp3) is 0.0682. The molecule has 9 rings (SSSR count). The predicted octanol–water partition coefficient (Wildman–Crippen LogP) is 11.2. The van der Waals surface area contributed by atoms with E-state index in [4.69, 9.17) is 9.97 Å². The van der Waals surface area contributed by atoms with Crippen LogP contribution in [-0.2, 0) is 5.41 Å². The van der Waals surface area contributed by atoms with Crippen LogP contribution in [0.5, 0.6) is 0 Å². The van der Waals surface area contributed by atoms with E-state index in [0.29, 0.717) is 5.82 Å². The van der Waals surface area contributed by atoms with Crippen molar-refractivity contribution in [1.29, 1.82) is 0 Å². The van der Waals surface area contributed by atoms with Gasteiger partial charge < -0.3 is 0 Å². The van der Waals surface area contributed by atoms with E-state index >= 15 is 0 Å². The van der Waals surface area contributed by atoms with Gasteiger partial charge in [0.05, 0.1) is 17.1 Å². The van der Waals surface area contributed by atoms with Crippen molar-refractivity contribution >= 4 is 21.5 Å². The monoisotopic (exact) mass is 601 g/mol. The Morgan fingerprint density at radius 2 is 1.15 bits per heavy atom. The van der Waals surface area contributed by atoms with Gasteiger partial charge in [-0.1, -0.05) is 135 Å². The fourth-order valence-corrected chi connectivity index (χ4v) is 7.57. The maximum Gasteiger partial charge on any atom is 0.161 e. The highest BCUT2D eigenvalue weighted by atomic mass is 14.9. The number of benzene rings is 6. The molecule has 0 bridgehead atoms. The molecule has 47 heavy (non-hydrogen) atoms. The molecule has 0 fully saturated rings. The highest BCUT2D eigenvalue weighted by Crippen LogP contribution is 2.54. The van der Waals surface area contributed by atoms with Gasteiger partial charge in [0.25, 0.3) is 0 Å². The second-order valence-electron chi connectivity index (χ2n) is 12.8. The summed E-state index contributed by atoms with van der Waals surface area (Å²) >= 11 is 0. The molecule has 0 atom stereocenters.